The lowest BCUT2D eigenvalue weighted by Gasteiger charge is -2.26. The summed E-state index contributed by atoms with van der Waals surface area (Å²) in [5, 5.41) is 2.93. The minimum Gasteiger partial charge on any atom is -0.354 e. The second-order valence-electron chi connectivity index (χ2n) is 5.63. The SMILES string of the molecule is O=C1CC2CCC(CN1)N2CCc1ccc(F)c(F)c1. The Hall–Kier alpha value is -1.49. The molecule has 0 radical (unpaired) electrons. The summed E-state index contributed by atoms with van der Waals surface area (Å²) < 4.78 is 26.1. The van der Waals surface area contributed by atoms with Crippen LogP contribution in [0.3, 0.4) is 0 Å². The standard InChI is InChI=1S/C15H18F2N2O/c16-13-4-1-10(7-14(13)17)5-6-19-11-2-3-12(19)9-18-15(20)8-11/h1,4,7,11-12H,2-3,5-6,8-9H2,(H,18,20). The lowest BCUT2D eigenvalue weighted by molar-refractivity contribution is -0.121. The predicted octanol–water partition coefficient (Wildman–Crippen LogP) is 1.86. The highest BCUT2D eigenvalue weighted by atomic mass is 19.2. The zero-order valence-electron chi connectivity index (χ0n) is 11.2. The molecule has 5 heteroatoms. The number of halogens is 2. The van der Waals surface area contributed by atoms with E-state index in [4.69, 9.17) is 0 Å². The van der Waals surface area contributed by atoms with Crippen LogP contribution in [0, 0.1) is 11.6 Å². The van der Waals surface area contributed by atoms with Crippen LogP contribution in [0.4, 0.5) is 8.78 Å². The molecule has 0 aliphatic carbocycles. The van der Waals surface area contributed by atoms with Gasteiger partial charge in [-0.2, -0.15) is 0 Å². The van der Waals surface area contributed by atoms with Gasteiger partial charge in [0.25, 0.3) is 0 Å². The number of benzene rings is 1. The van der Waals surface area contributed by atoms with E-state index < -0.39 is 11.6 Å². The number of nitrogens with one attached hydrogen (secondary N) is 1. The molecule has 2 unspecified atom stereocenters. The number of hydrogen-bond donors (Lipinski definition) is 1. The van der Waals surface area contributed by atoms with Gasteiger partial charge in [-0.1, -0.05) is 6.07 Å². The molecule has 2 fully saturated rings. The first-order valence-corrected chi connectivity index (χ1v) is 7.10. The fraction of sp³-hybridized carbons (Fsp3) is 0.533. The minimum absolute atomic E-state index is 0.120. The highest BCUT2D eigenvalue weighted by molar-refractivity contribution is 5.77. The summed E-state index contributed by atoms with van der Waals surface area (Å²) >= 11 is 0. The Morgan fingerprint density at radius 1 is 1.20 bits per heavy atom. The Morgan fingerprint density at radius 2 is 2.00 bits per heavy atom. The van der Waals surface area contributed by atoms with Gasteiger partial charge in [0.2, 0.25) is 5.91 Å². The van der Waals surface area contributed by atoms with Crippen molar-refractivity contribution in [2.24, 2.45) is 0 Å². The number of amides is 1. The first-order chi connectivity index (χ1) is 9.63. The number of carbonyl (C=O) groups excluding carboxylic acids is 1. The zero-order chi connectivity index (χ0) is 14.1. The molecular formula is C15H18F2N2O. The molecule has 2 bridgehead atoms. The van der Waals surface area contributed by atoms with Gasteiger partial charge in [0, 0.05) is 31.6 Å². The predicted molar refractivity (Wildman–Crippen MR) is 71.2 cm³/mol. The highest BCUT2D eigenvalue weighted by Gasteiger charge is 2.36. The van der Waals surface area contributed by atoms with Gasteiger partial charge in [0.05, 0.1) is 0 Å². The van der Waals surface area contributed by atoms with Crippen LogP contribution in [0.5, 0.6) is 0 Å². The molecule has 2 atom stereocenters. The van der Waals surface area contributed by atoms with E-state index in [9.17, 15) is 13.6 Å². The molecule has 0 spiro atoms. The quantitative estimate of drug-likeness (QED) is 0.916. The Labute approximate surface area is 117 Å². The van der Waals surface area contributed by atoms with E-state index in [-0.39, 0.29) is 5.91 Å². The van der Waals surface area contributed by atoms with Crippen molar-refractivity contribution < 1.29 is 13.6 Å². The number of fused-ring (bicyclic) bond motifs is 2. The summed E-state index contributed by atoms with van der Waals surface area (Å²) in [6.45, 7) is 1.49. The van der Waals surface area contributed by atoms with Crippen LogP contribution >= 0.6 is 0 Å². The van der Waals surface area contributed by atoms with E-state index in [0.717, 1.165) is 24.9 Å². The summed E-state index contributed by atoms with van der Waals surface area (Å²) in [5.41, 5.74) is 0.798. The molecule has 3 nitrogen and oxygen atoms in total. The maximum atomic E-state index is 13.2. The fourth-order valence-electron chi connectivity index (χ4n) is 3.29. The van der Waals surface area contributed by atoms with Gasteiger partial charge in [-0.25, -0.2) is 8.78 Å². The van der Waals surface area contributed by atoms with Crippen LogP contribution in [0.15, 0.2) is 18.2 Å². The Kier molecular flexibility index (Phi) is 3.70. The molecule has 0 saturated carbocycles. The molecule has 3 rings (SSSR count). The maximum Gasteiger partial charge on any atom is 0.221 e. The van der Waals surface area contributed by atoms with Crippen molar-refractivity contribution in [1.29, 1.82) is 0 Å². The lowest BCUT2D eigenvalue weighted by Crippen LogP contribution is -2.39. The first-order valence-electron chi connectivity index (χ1n) is 7.10. The van der Waals surface area contributed by atoms with Gasteiger partial charge in [0.1, 0.15) is 0 Å². The molecule has 1 N–H and O–H groups in total. The second kappa shape index (κ2) is 5.48. The van der Waals surface area contributed by atoms with E-state index in [1.807, 2.05) is 0 Å². The molecule has 20 heavy (non-hydrogen) atoms. The average Bonchev–Trinajstić information content (AvgIpc) is 2.71. The van der Waals surface area contributed by atoms with Gasteiger partial charge < -0.3 is 5.32 Å². The normalized spacial score (nSPS) is 26.4. The summed E-state index contributed by atoms with van der Waals surface area (Å²) in [4.78, 5) is 13.9. The van der Waals surface area contributed by atoms with Crippen LogP contribution in [0.1, 0.15) is 24.8 Å². The summed E-state index contributed by atoms with van der Waals surface area (Å²) in [6.07, 6.45) is 3.38. The third-order valence-electron chi connectivity index (χ3n) is 4.37. The van der Waals surface area contributed by atoms with Crippen LogP contribution in [-0.2, 0) is 11.2 Å². The lowest BCUT2D eigenvalue weighted by atomic mass is 10.1. The molecule has 0 aromatic heterocycles. The van der Waals surface area contributed by atoms with Gasteiger partial charge >= 0.3 is 0 Å². The summed E-state index contributed by atoms with van der Waals surface area (Å²) in [5.74, 6) is -1.48. The summed E-state index contributed by atoms with van der Waals surface area (Å²) in [7, 11) is 0. The van der Waals surface area contributed by atoms with Crippen molar-refractivity contribution >= 4 is 5.91 Å². The van der Waals surface area contributed by atoms with Crippen LogP contribution in [0.25, 0.3) is 0 Å². The average molecular weight is 280 g/mol. The number of nitrogens with zero attached hydrogens (tertiary/aromatic N) is 1. The van der Waals surface area contributed by atoms with Gasteiger partial charge in [-0.15, -0.1) is 0 Å². The molecule has 1 aromatic rings. The molecule has 2 saturated heterocycles. The van der Waals surface area contributed by atoms with Crippen LogP contribution in [-0.4, -0.2) is 36.0 Å². The molecule has 1 amide bonds. The van der Waals surface area contributed by atoms with Crippen molar-refractivity contribution in [1.82, 2.24) is 10.2 Å². The molecule has 1 aromatic carbocycles. The molecular weight excluding hydrogens is 262 g/mol. The topological polar surface area (TPSA) is 32.3 Å². The molecule has 2 heterocycles. The van der Waals surface area contributed by atoms with E-state index in [1.54, 1.807) is 6.07 Å². The Bertz CT molecular complexity index is 521. The Balaban J connectivity index is 1.65. The number of hydrogen-bond acceptors (Lipinski definition) is 2. The van der Waals surface area contributed by atoms with Crippen molar-refractivity contribution in [3.8, 4) is 0 Å². The number of rotatable bonds is 3. The van der Waals surface area contributed by atoms with E-state index >= 15 is 0 Å². The third-order valence-corrected chi connectivity index (χ3v) is 4.37. The molecule has 2 aliphatic rings. The smallest absolute Gasteiger partial charge is 0.221 e. The van der Waals surface area contributed by atoms with Gasteiger partial charge in [0.15, 0.2) is 11.6 Å². The van der Waals surface area contributed by atoms with E-state index in [2.05, 4.69) is 10.2 Å². The van der Waals surface area contributed by atoms with Gasteiger partial charge in [-0.05, 0) is 37.0 Å². The maximum absolute atomic E-state index is 13.2. The van der Waals surface area contributed by atoms with Crippen molar-refractivity contribution in [2.45, 2.75) is 37.8 Å². The third kappa shape index (κ3) is 2.68. The van der Waals surface area contributed by atoms with Crippen molar-refractivity contribution in [2.75, 3.05) is 13.1 Å². The minimum atomic E-state index is -0.807. The fourth-order valence-corrected chi connectivity index (χ4v) is 3.29. The Morgan fingerprint density at radius 3 is 2.80 bits per heavy atom. The monoisotopic (exact) mass is 280 g/mol. The van der Waals surface area contributed by atoms with Crippen LogP contribution in [0.2, 0.25) is 0 Å². The van der Waals surface area contributed by atoms with E-state index in [1.165, 1.54) is 12.1 Å². The largest absolute Gasteiger partial charge is 0.354 e. The summed E-state index contributed by atoms with van der Waals surface area (Å²) in [6, 6.07) is 4.75. The first kappa shape index (κ1) is 13.5. The van der Waals surface area contributed by atoms with Gasteiger partial charge in [-0.3, -0.25) is 9.69 Å². The van der Waals surface area contributed by atoms with Crippen molar-refractivity contribution in [3.63, 3.8) is 0 Å². The number of carbonyl (C=O) groups is 1. The van der Waals surface area contributed by atoms with E-state index in [0.29, 0.717) is 31.5 Å². The van der Waals surface area contributed by atoms with Crippen LogP contribution < -0.4 is 5.32 Å². The zero-order valence-corrected chi connectivity index (χ0v) is 11.2. The second-order valence-corrected chi connectivity index (χ2v) is 5.63. The van der Waals surface area contributed by atoms with Crippen molar-refractivity contribution in [3.05, 3.63) is 35.4 Å². The molecule has 2 aliphatic heterocycles. The highest BCUT2D eigenvalue weighted by Crippen LogP contribution is 2.28. The molecule has 108 valence electrons.